The molecule has 0 saturated carbocycles. The Morgan fingerprint density at radius 2 is 1.65 bits per heavy atom. The minimum absolute atomic E-state index is 0.00262. The third-order valence-electron chi connectivity index (χ3n) is 5.20. The molecule has 224 valence electrons. The number of hydrogen-bond acceptors (Lipinski definition) is 11. The number of rotatable bonds is 11. The third kappa shape index (κ3) is 8.42. The van der Waals surface area contributed by atoms with Crippen molar-refractivity contribution in [2.45, 2.75) is 37.5 Å². The fourth-order valence-corrected chi connectivity index (χ4v) is 7.11. The van der Waals surface area contributed by atoms with Gasteiger partial charge in [0.15, 0.2) is 6.23 Å². The zero-order chi connectivity index (χ0) is 30.2. The van der Waals surface area contributed by atoms with Gasteiger partial charge in [0.05, 0.1) is 10.2 Å². The Labute approximate surface area is 235 Å². The Bertz CT molecular complexity index is 1530. The predicted molar refractivity (Wildman–Crippen MR) is 133 cm³/mol. The molecular formula is C17H20F2IN2O15P3. The number of phosphoric ester groups is 1. The van der Waals surface area contributed by atoms with Gasteiger partial charge in [0.25, 0.3) is 5.56 Å². The van der Waals surface area contributed by atoms with Gasteiger partial charge in [-0.05, 0) is 40.6 Å². The molecule has 2 heterocycles. The highest BCUT2D eigenvalue weighted by Crippen LogP contribution is 2.66. The average molecular weight is 750 g/mol. The number of nitrogens with zero attached hydrogens (tertiary/aromatic N) is 2. The van der Waals surface area contributed by atoms with E-state index < -0.39 is 77.5 Å². The second kappa shape index (κ2) is 12.6. The molecule has 0 aliphatic carbocycles. The minimum Gasteiger partial charge on any atom is -0.387 e. The Kier molecular flexibility index (Phi) is 10.5. The van der Waals surface area contributed by atoms with Gasteiger partial charge >= 0.3 is 29.2 Å². The van der Waals surface area contributed by atoms with Gasteiger partial charge in [-0.15, -0.1) is 0 Å². The molecule has 0 bridgehead atoms. The first-order valence-electron chi connectivity index (χ1n) is 10.6. The third-order valence-corrected chi connectivity index (χ3v) is 9.75. The van der Waals surface area contributed by atoms with Crippen LogP contribution in [0.15, 0.2) is 34.0 Å². The molecule has 17 nitrogen and oxygen atoms in total. The van der Waals surface area contributed by atoms with E-state index in [0.29, 0.717) is 15.2 Å². The summed E-state index contributed by atoms with van der Waals surface area (Å²) in [5.41, 5.74) is -1.86. The van der Waals surface area contributed by atoms with Crippen molar-refractivity contribution in [1.29, 1.82) is 0 Å². The molecule has 40 heavy (non-hydrogen) atoms. The van der Waals surface area contributed by atoms with E-state index in [0.717, 1.165) is 18.3 Å². The molecule has 6 N–H and O–H groups in total. The van der Waals surface area contributed by atoms with E-state index in [2.05, 4.69) is 13.1 Å². The van der Waals surface area contributed by atoms with Crippen LogP contribution in [0.4, 0.5) is 8.78 Å². The summed E-state index contributed by atoms with van der Waals surface area (Å²) in [6.07, 6.45) is -6.44. The van der Waals surface area contributed by atoms with E-state index in [1.54, 1.807) is 22.6 Å². The van der Waals surface area contributed by atoms with Gasteiger partial charge in [0.2, 0.25) is 0 Å². The van der Waals surface area contributed by atoms with Crippen LogP contribution in [0.25, 0.3) is 0 Å². The quantitative estimate of drug-likeness (QED) is 0.132. The van der Waals surface area contributed by atoms with Gasteiger partial charge in [0, 0.05) is 18.8 Å². The van der Waals surface area contributed by atoms with Crippen LogP contribution in [-0.2, 0) is 44.5 Å². The van der Waals surface area contributed by atoms with Crippen molar-refractivity contribution in [3.8, 4) is 0 Å². The van der Waals surface area contributed by atoms with Crippen LogP contribution in [0, 0.1) is 15.2 Å². The summed E-state index contributed by atoms with van der Waals surface area (Å²) in [6, 6.07) is 2.74. The van der Waals surface area contributed by atoms with Crippen molar-refractivity contribution in [3.05, 3.63) is 66.0 Å². The number of aryl methyl sites for hydroxylation is 1. The molecule has 1 fully saturated rings. The van der Waals surface area contributed by atoms with Crippen molar-refractivity contribution < 1.29 is 70.1 Å². The van der Waals surface area contributed by atoms with Crippen molar-refractivity contribution in [3.63, 3.8) is 0 Å². The molecule has 2 aromatic rings. The summed E-state index contributed by atoms with van der Waals surface area (Å²) in [7, 11) is -17.0. The Hall–Kier alpha value is -1.22. The van der Waals surface area contributed by atoms with E-state index in [-0.39, 0.29) is 22.1 Å². The molecule has 3 unspecified atom stereocenters. The lowest BCUT2D eigenvalue weighted by Crippen LogP contribution is -2.44. The second-order valence-corrected chi connectivity index (χ2v) is 13.6. The standard InChI is InChI=1S/C17H20F2IN2O15P3/c18-9-2-1-8(10(19)5-9)3-4-21-15(25)11(20)6-22(17(21)26)16-14(24)13(23)12(35-16)7-34-39(30,31)37-40(32,33)36-38(27,28)29/h1-2,5-6,12-14,16,23-24H,3-4,7H2,(H,30,31)(H,32,33)(H2,27,28,29)/t12-,13+,14?,16-/m1/s1. The highest BCUT2D eigenvalue weighted by Gasteiger charge is 2.47. The Balaban J connectivity index is 1.77. The van der Waals surface area contributed by atoms with E-state index in [1.165, 1.54) is 0 Å². The normalized spacial score (nSPS) is 24.5. The first-order valence-corrected chi connectivity index (χ1v) is 16.2. The number of aliphatic hydroxyl groups is 2. The lowest BCUT2D eigenvalue weighted by atomic mass is 10.1. The number of halogens is 3. The average Bonchev–Trinajstić information content (AvgIpc) is 3.07. The van der Waals surface area contributed by atoms with Crippen molar-refractivity contribution in [1.82, 2.24) is 9.13 Å². The SMILES string of the molecule is O=c1c(I)cn([C@@H]2O[C@H](COP(=O)(O)OP(=O)(O)OP(=O)(O)O)[C@H](O)C2O)c(=O)n1CCc1ccc(F)cc1F. The monoisotopic (exact) mass is 750 g/mol. The summed E-state index contributed by atoms with van der Waals surface area (Å²) < 4.78 is 79.4. The topological polar surface area (TPSA) is 254 Å². The van der Waals surface area contributed by atoms with Crippen molar-refractivity contribution >= 4 is 46.1 Å². The first kappa shape index (κ1) is 33.3. The molecule has 0 spiro atoms. The zero-order valence-corrected chi connectivity index (χ0v) is 24.3. The van der Waals surface area contributed by atoms with E-state index in [4.69, 9.17) is 14.5 Å². The van der Waals surface area contributed by atoms with Crippen LogP contribution < -0.4 is 11.2 Å². The summed E-state index contributed by atoms with van der Waals surface area (Å²) in [5, 5.41) is 20.8. The Morgan fingerprint density at radius 1 is 1.00 bits per heavy atom. The van der Waals surface area contributed by atoms with Crippen LogP contribution in [0.5, 0.6) is 0 Å². The molecule has 1 aromatic carbocycles. The maximum atomic E-state index is 14.0. The lowest BCUT2D eigenvalue weighted by Gasteiger charge is -2.20. The summed E-state index contributed by atoms with van der Waals surface area (Å²) >= 11 is 1.57. The van der Waals surface area contributed by atoms with Crippen LogP contribution in [0.1, 0.15) is 11.8 Å². The highest BCUT2D eigenvalue weighted by molar-refractivity contribution is 14.1. The molecule has 6 atom stereocenters. The molecule has 1 aliphatic rings. The number of ether oxygens (including phenoxy) is 1. The maximum Gasteiger partial charge on any atom is 0.490 e. The fourth-order valence-electron chi connectivity index (χ4n) is 3.49. The number of aliphatic hydroxyl groups excluding tert-OH is 2. The summed E-state index contributed by atoms with van der Waals surface area (Å²) in [4.78, 5) is 61.5. The number of hydrogen-bond donors (Lipinski definition) is 6. The van der Waals surface area contributed by atoms with E-state index in [1.807, 2.05) is 0 Å². The molecule has 1 saturated heterocycles. The number of benzene rings is 1. The van der Waals surface area contributed by atoms with Gasteiger partial charge in [-0.25, -0.2) is 27.3 Å². The molecular weight excluding hydrogens is 730 g/mol. The van der Waals surface area contributed by atoms with Gasteiger partial charge in [-0.2, -0.15) is 8.62 Å². The zero-order valence-electron chi connectivity index (χ0n) is 19.5. The predicted octanol–water partition coefficient (Wildman–Crippen LogP) is 0.0980. The fraction of sp³-hybridized carbons (Fsp3) is 0.412. The number of aromatic nitrogens is 2. The molecule has 1 aliphatic heterocycles. The first-order chi connectivity index (χ1) is 18.3. The Morgan fingerprint density at radius 3 is 2.25 bits per heavy atom. The van der Waals surface area contributed by atoms with Crippen molar-refractivity contribution in [2.24, 2.45) is 0 Å². The van der Waals surface area contributed by atoms with E-state index in [9.17, 15) is 52.1 Å². The van der Waals surface area contributed by atoms with Gasteiger partial charge < -0.3 is 34.5 Å². The van der Waals surface area contributed by atoms with Gasteiger partial charge in [-0.3, -0.25) is 18.5 Å². The van der Waals surface area contributed by atoms with Crippen LogP contribution >= 0.6 is 46.1 Å². The smallest absolute Gasteiger partial charge is 0.387 e. The summed E-state index contributed by atoms with van der Waals surface area (Å²) in [5.74, 6) is -1.74. The molecule has 23 heteroatoms. The van der Waals surface area contributed by atoms with Gasteiger partial charge in [0.1, 0.15) is 29.9 Å². The molecule has 0 radical (unpaired) electrons. The van der Waals surface area contributed by atoms with Crippen LogP contribution in [0.2, 0.25) is 0 Å². The largest absolute Gasteiger partial charge is 0.490 e. The second-order valence-electron chi connectivity index (χ2n) is 8.04. The molecule has 3 rings (SSSR count). The maximum absolute atomic E-state index is 14.0. The highest BCUT2D eigenvalue weighted by atomic mass is 127. The summed E-state index contributed by atoms with van der Waals surface area (Å²) in [6.45, 7) is -1.51. The van der Waals surface area contributed by atoms with Crippen LogP contribution in [-0.4, -0.2) is 63.8 Å². The molecule has 1 aromatic heterocycles. The minimum atomic E-state index is -5.82. The number of phosphoric acid groups is 3. The lowest BCUT2D eigenvalue weighted by molar-refractivity contribution is -0.0549. The van der Waals surface area contributed by atoms with Crippen LogP contribution in [0.3, 0.4) is 0 Å². The van der Waals surface area contributed by atoms with E-state index >= 15 is 0 Å². The van der Waals surface area contributed by atoms with Crippen molar-refractivity contribution in [2.75, 3.05) is 6.61 Å². The van der Waals surface area contributed by atoms with Gasteiger partial charge in [-0.1, -0.05) is 6.07 Å². The molecule has 0 amide bonds.